The van der Waals surface area contributed by atoms with E-state index in [1.54, 1.807) is 20.8 Å². The van der Waals surface area contributed by atoms with Crippen molar-refractivity contribution < 1.29 is 22.7 Å². The maximum absolute atomic E-state index is 11.4. The van der Waals surface area contributed by atoms with Crippen LogP contribution in [0.15, 0.2) is 0 Å². The quantitative estimate of drug-likeness (QED) is 0.842. The third kappa shape index (κ3) is 6.24. The lowest BCUT2D eigenvalue weighted by molar-refractivity contribution is 0.0126. The molecule has 0 saturated carbocycles. The minimum Gasteiger partial charge on any atom is -0.444 e. The Bertz CT molecular complexity index is 404. The number of amides is 1. The van der Waals surface area contributed by atoms with Crippen LogP contribution < -0.4 is 5.32 Å². The summed E-state index contributed by atoms with van der Waals surface area (Å²) in [6, 6.07) is 0. The number of alkyl carbamates (subject to hydrolysis) is 1. The highest BCUT2D eigenvalue weighted by molar-refractivity contribution is 7.91. The second-order valence-electron chi connectivity index (χ2n) is 5.87. The van der Waals surface area contributed by atoms with Gasteiger partial charge in [0.1, 0.15) is 5.60 Å². The summed E-state index contributed by atoms with van der Waals surface area (Å²) >= 11 is 0. The molecule has 112 valence electrons. The molecule has 0 aliphatic carbocycles. The van der Waals surface area contributed by atoms with Crippen LogP contribution in [0.3, 0.4) is 0 Å². The number of hydrogen-bond donors (Lipinski definition) is 1. The molecule has 0 radical (unpaired) electrons. The fourth-order valence-electron chi connectivity index (χ4n) is 1.79. The van der Waals surface area contributed by atoms with E-state index in [0.29, 0.717) is 19.4 Å². The topological polar surface area (TPSA) is 81.7 Å². The zero-order valence-electron chi connectivity index (χ0n) is 11.9. The van der Waals surface area contributed by atoms with Gasteiger partial charge in [-0.1, -0.05) is 0 Å². The maximum Gasteiger partial charge on any atom is 0.407 e. The van der Waals surface area contributed by atoms with E-state index in [9.17, 15) is 13.2 Å². The molecule has 1 saturated heterocycles. The Morgan fingerprint density at radius 2 is 2.00 bits per heavy atom. The Balaban J connectivity index is 2.29. The van der Waals surface area contributed by atoms with Gasteiger partial charge in [0.15, 0.2) is 9.84 Å². The number of carbonyl (C=O) groups is 1. The second-order valence-corrected chi connectivity index (χ2v) is 8.19. The van der Waals surface area contributed by atoms with Crippen LogP contribution in [-0.2, 0) is 19.3 Å². The third-order valence-electron chi connectivity index (χ3n) is 2.81. The first-order valence-corrected chi connectivity index (χ1v) is 8.31. The summed E-state index contributed by atoms with van der Waals surface area (Å²) in [5.74, 6) is 0. The molecule has 0 aromatic heterocycles. The molecule has 2 unspecified atom stereocenters. The number of sulfone groups is 1. The molecular formula is C12H23NO5S. The normalized spacial score (nSPS) is 24.8. The zero-order valence-corrected chi connectivity index (χ0v) is 12.7. The highest BCUT2D eigenvalue weighted by Gasteiger charge is 2.28. The maximum atomic E-state index is 11.4. The van der Waals surface area contributed by atoms with Crippen LogP contribution in [0.5, 0.6) is 0 Å². The minimum atomic E-state index is -3.04. The summed E-state index contributed by atoms with van der Waals surface area (Å²) in [5, 5.41) is 2.20. The van der Waals surface area contributed by atoms with Gasteiger partial charge in [-0.05, 0) is 33.6 Å². The molecule has 6 nitrogen and oxygen atoms in total. The average molecular weight is 293 g/mol. The standard InChI is InChI=1S/C12H23NO5S/c1-12(2,3)18-11(14)13-7-9-5-6-10(8-17-9)19(4,15)16/h9-10H,5-8H2,1-4H3,(H,13,14). The van der Waals surface area contributed by atoms with Crippen LogP contribution in [0.25, 0.3) is 0 Å². The van der Waals surface area contributed by atoms with Gasteiger partial charge in [0, 0.05) is 12.8 Å². The molecule has 1 heterocycles. The van der Waals surface area contributed by atoms with Crippen molar-refractivity contribution in [2.24, 2.45) is 0 Å². The number of nitrogens with one attached hydrogen (secondary N) is 1. The lowest BCUT2D eigenvalue weighted by atomic mass is 10.1. The number of carbonyl (C=O) groups excluding carboxylic acids is 1. The largest absolute Gasteiger partial charge is 0.444 e. The summed E-state index contributed by atoms with van der Waals surface area (Å²) in [4.78, 5) is 11.4. The van der Waals surface area contributed by atoms with Crippen molar-refractivity contribution in [3.05, 3.63) is 0 Å². The molecule has 0 aromatic carbocycles. The molecular weight excluding hydrogens is 270 g/mol. The Labute approximate surface area is 114 Å². The van der Waals surface area contributed by atoms with Crippen LogP contribution >= 0.6 is 0 Å². The van der Waals surface area contributed by atoms with E-state index in [2.05, 4.69) is 5.32 Å². The van der Waals surface area contributed by atoms with Gasteiger partial charge < -0.3 is 14.8 Å². The van der Waals surface area contributed by atoms with Crippen molar-refractivity contribution in [2.45, 2.75) is 50.6 Å². The summed E-state index contributed by atoms with van der Waals surface area (Å²) in [7, 11) is -3.04. The van der Waals surface area contributed by atoms with E-state index in [0.717, 1.165) is 0 Å². The molecule has 7 heteroatoms. The highest BCUT2D eigenvalue weighted by atomic mass is 32.2. The Kier molecular flexibility index (Phi) is 5.20. The minimum absolute atomic E-state index is 0.148. The monoisotopic (exact) mass is 293 g/mol. The van der Waals surface area contributed by atoms with Gasteiger partial charge in [-0.25, -0.2) is 13.2 Å². The summed E-state index contributed by atoms with van der Waals surface area (Å²) in [5.41, 5.74) is -0.529. The molecule has 0 aromatic rings. The van der Waals surface area contributed by atoms with Crippen LogP contribution in [0.1, 0.15) is 33.6 Å². The van der Waals surface area contributed by atoms with Crippen molar-refractivity contribution in [2.75, 3.05) is 19.4 Å². The fraction of sp³-hybridized carbons (Fsp3) is 0.917. The first kappa shape index (κ1) is 16.2. The number of hydrogen-bond acceptors (Lipinski definition) is 5. The van der Waals surface area contributed by atoms with Crippen molar-refractivity contribution in [1.82, 2.24) is 5.32 Å². The van der Waals surface area contributed by atoms with Crippen LogP contribution in [0.4, 0.5) is 4.79 Å². The van der Waals surface area contributed by atoms with Gasteiger partial charge in [0.25, 0.3) is 0 Å². The molecule has 1 N–H and O–H groups in total. The summed E-state index contributed by atoms with van der Waals surface area (Å²) in [6.07, 6.45) is 1.78. The van der Waals surface area contributed by atoms with E-state index in [-0.39, 0.29) is 12.7 Å². The molecule has 0 bridgehead atoms. The van der Waals surface area contributed by atoms with E-state index in [1.807, 2.05) is 0 Å². The van der Waals surface area contributed by atoms with Gasteiger partial charge in [-0.2, -0.15) is 0 Å². The van der Waals surface area contributed by atoms with Gasteiger partial charge in [0.05, 0.1) is 18.0 Å². The molecule has 1 aliphatic heterocycles. The van der Waals surface area contributed by atoms with E-state index in [4.69, 9.17) is 9.47 Å². The van der Waals surface area contributed by atoms with E-state index < -0.39 is 26.8 Å². The molecule has 1 amide bonds. The molecule has 19 heavy (non-hydrogen) atoms. The summed E-state index contributed by atoms with van der Waals surface area (Å²) < 4.78 is 33.2. The van der Waals surface area contributed by atoms with Crippen LogP contribution in [0.2, 0.25) is 0 Å². The molecule has 0 spiro atoms. The molecule has 1 fully saturated rings. The zero-order chi connectivity index (χ0) is 14.7. The smallest absolute Gasteiger partial charge is 0.407 e. The molecule has 1 rings (SSSR count). The van der Waals surface area contributed by atoms with Gasteiger partial charge >= 0.3 is 6.09 Å². The third-order valence-corrected chi connectivity index (χ3v) is 4.39. The first-order valence-electron chi connectivity index (χ1n) is 6.35. The van der Waals surface area contributed by atoms with Crippen molar-refractivity contribution in [3.63, 3.8) is 0 Å². The van der Waals surface area contributed by atoms with Gasteiger partial charge in [-0.3, -0.25) is 0 Å². The lowest BCUT2D eigenvalue weighted by Crippen LogP contribution is -2.42. The lowest BCUT2D eigenvalue weighted by Gasteiger charge is -2.28. The SMILES string of the molecule is CC(C)(C)OC(=O)NCC1CCC(S(C)(=O)=O)CO1. The van der Waals surface area contributed by atoms with Gasteiger partial charge in [-0.15, -0.1) is 0 Å². The number of rotatable bonds is 3. The predicted molar refractivity (Wildman–Crippen MR) is 71.8 cm³/mol. The second kappa shape index (κ2) is 6.09. The van der Waals surface area contributed by atoms with Crippen molar-refractivity contribution in [3.8, 4) is 0 Å². The highest BCUT2D eigenvalue weighted by Crippen LogP contribution is 2.18. The van der Waals surface area contributed by atoms with E-state index >= 15 is 0 Å². The van der Waals surface area contributed by atoms with Crippen molar-refractivity contribution >= 4 is 15.9 Å². The average Bonchev–Trinajstić information content (AvgIpc) is 2.23. The Morgan fingerprint density at radius 3 is 2.42 bits per heavy atom. The first-order chi connectivity index (χ1) is 8.58. The molecule has 1 aliphatic rings. The van der Waals surface area contributed by atoms with Crippen LogP contribution in [-0.4, -0.2) is 50.9 Å². The predicted octanol–water partition coefficient (Wildman–Crippen LogP) is 1.10. The van der Waals surface area contributed by atoms with Crippen molar-refractivity contribution in [1.29, 1.82) is 0 Å². The van der Waals surface area contributed by atoms with E-state index in [1.165, 1.54) is 6.26 Å². The Hall–Kier alpha value is -0.820. The Morgan fingerprint density at radius 1 is 1.37 bits per heavy atom. The summed E-state index contributed by atoms with van der Waals surface area (Å²) in [6.45, 7) is 5.91. The number of ether oxygens (including phenoxy) is 2. The molecule has 2 atom stereocenters. The fourth-order valence-corrected chi connectivity index (χ4v) is 2.68. The van der Waals surface area contributed by atoms with Crippen LogP contribution in [0, 0.1) is 0 Å². The van der Waals surface area contributed by atoms with Gasteiger partial charge in [0.2, 0.25) is 0 Å².